The topological polar surface area (TPSA) is 64.6 Å². The van der Waals surface area contributed by atoms with Crippen molar-refractivity contribution in [3.8, 4) is 11.5 Å². The van der Waals surface area contributed by atoms with E-state index in [9.17, 15) is 34.8 Å². The van der Waals surface area contributed by atoms with Gasteiger partial charge in [0, 0.05) is 18.2 Å². The Morgan fingerprint density at radius 1 is 0.839 bits per heavy atom. The summed E-state index contributed by atoms with van der Waals surface area (Å²) in [7, 11) is -4.17. The highest BCUT2D eigenvalue weighted by Crippen LogP contribution is 2.30. The fraction of sp³-hybridized carbons (Fsp3) is 0.368. The maximum atomic E-state index is 12.6. The van der Waals surface area contributed by atoms with Crippen LogP contribution in [-0.4, -0.2) is 34.0 Å². The predicted octanol–water partition coefficient (Wildman–Crippen LogP) is 5.32. The quantitative estimate of drug-likeness (QED) is 0.503. The first-order valence-corrected chi connectivity index (χ1v) is 10.4. The van der Waals surface area contributed by atoms with Crippen LogP contribution in [0.2, 0.25) is 0 Å². The summed E-state index contributed by atoms with van der Waals surface area (Å²) in [6, 6.07) is 8.54. The highest BCUT2D eigenvalue weighted by molar-refractivity contribution is 7.92. The van der Waals surface area contributed by atoms with Crippen molar-refractivity contribution in [1.82, 2.24) is 0 Å². The number of hydrogen-bond donors (Lipinski definition) is 1. The summed E-state index contributed by atoms with van der Waals surface area (Å²) in [5.74, 6) is -1.04. The summed E-state index contributed by atoms with van der Waals surface area (Å²) >= 11 is 0. The Labute approximate surface area is 175 Å². The van der Waals surface area contributed by atoms with E-state index in [1.165, 1.54) is 12.1 Å². The second-order valence-corrected chi connectivity index (χ2v) is 8.18. The van der Waals surface area contributed by atoms with E-state index in [4.69, 9.17) is 0 Å². The number of benzene rings is 2. The summed E-state index contributed by atoms with van der Waals surface area (Å²) < 4.78 is 111. The molecule has 0 spiro atoms. The molecular weight excluding hydrogens is 452 g/mol. The van der Waals surface area contributed by atoms with Crippen molar-refractivity contribution in [1.29, 1.82) is 0 Å². The zero-order valence-corrected chi connectivity index (χ0v) is 17.0. The van der Waals surface area contributed by atoms with Gasteiger partial charge in [0.1, 0.15) is 11.5 Å². The number of alkyl halides is 6. The third kappa shape index (κ3) is 8.56. The Bertz CT molecular complexity index is 936. The van der Waals surface area contributed by atoms with Gasteiger partial charge in [0.2, 0.25) is 0 Å². The lowest BCUT2D eigenvalue weighted by Gasteiger charge is -2.15. The van der Waals surface area contributed by atoms with Crippen LogP contribution in [0.1, 0.15) is 18.9 Å². The van der Waals surface area contributed by atoms with Crippen LogP contribution < -0.4 is 14.2 Å². The van der Waals surface area contributed by atoms with Gasteiger partial charge in [-0.3, -0.25) is 4.72 Å². The summed E-state index contributed by atoms with van der Waals surface area (Å²) in [5, 5.41) is 0. The Kier molecular flexibility index (Phi) is 7.68. The van der Waals surface area contributed by atoms with Gasteiger partial charge >= 0.3 is 12.4 Å². The van der Waals surface area contributed by atoms with Crippen molar-refractivity contribution in [3.05, 3.63) is 48.0 Å². The molecule has 31 heavy (non-hydrogen) atoms. The van der Waals surface area contributed by atoms with Crippen molar-refractivity contribution in [3.63, 3.8) is 0 Å². The van der Waals surface area contributed by atoms with Gasteiger partial charge in [0.25, 0.3) is 10.0 Å². The second kappa shape index (κ2) is 9.67. The molecule has 12 heteroatoms. The number of nitrogens with one attached hydrogen (secondary N) is 1. The molecule has 0 saturated carbocycles. The highest BCUT2D eigenvalue weighted by atomic mass is 32.2. The maximum Gasteiger partial charge on any atom is 0.422 e. The first-order valence-electron chi connectivity index (χ1n) is 8.93. The molecule has 0 aliphatic carbocycles. The average Bonchev–Trinajstić information content (AvgIpc) is 2.64. The summed E-state index contributed by atoms with van der Waals surface area (Å²) in [6.07, 6.45) is -7.81. The molecule has 0 aromatic heterocycles. The lowest BCUT2D eigenvalue weighted by Crippen LogP contribution is -2.20. The van der Waals surface area contributed by atoms with Crippen LogP contribution in [0.4, 0.5) is 32.0 Å². The Morgan fingerprint density at radius 2 is 1.32 bits per heavy atom. The van der Waals surface area contributed by atoms with E-state index in [-0.39, 0.29) is 10.6 Å². The number of halogens is 6. The van der Waals surface area contributed by atoms with Gasteiger partial charge < -0.3 is 9.47 Å². The van der Waals surface area contributed by atoms with Crippen molar-refractivity contribution in [2.75, 3.05) is 17.9 Å². The summed E-state index contributed by atoms with van der Waals surface area (Å²) in [6.45, 7) is -1.49. The van der Waals surface area contributed by atoms with E-state index in [1.807, 2.05) is 6.92 Å². The first-order chi connectivity index (χ1) is 14.3. The minimum absolute atomic E-state index is 0.133. The molecule has 2 aromatic carbocycles. The van der Waals surface area contributed by atoms with E-state index in [2.05, 4.69) is 14.2 Å². The standard InChI is InChI=1S/C19H19F6NO4S/c1-2-3-13-4-6-17(7-5-13)31(27,28)26-14-8-15(29-11-18(20,21)22)10-16(9-14)30-12-19(23,24)25/h4-10,26H,2-3,11-12H2,1H3. The fourth-order valence-corrected chi connectivity index (χ4v) is 3.51. The van der Waals surface area contributed by atoms with Gasteiger partial charge in [-0.05, 0) is 24.1 Å². The zero-order valence-electron chi connectivity index (χ0n) is 16.2. The number of aryl methyl sites for hydroxylation is 1. The summed E-state index contributed by atoms with van der Waals surface area (Å²) in [5.41, 5.74) is 0.585. The third-order valence-electron chi connectivity index (χ3n) is 3.71. The molecule has 0 radical (unpaired) electrons. The highest BCUT2D eigenvalue weighted by Gasteiger charge is 2.30. The van der Waals surface area contributed by atoms with E-state index in [0.29, 0.717) is 0 Å². The monoisotopic (exact) mass is 471 g/mol. The molecule has 0 unspecified atom stereocenters. The van der Waals surface area contributed by atoms with E-state index in [0.717, 1.165) is 36.6 Å². The van der Waals surface area contributed by atoms with Crippen LogP contribution in [0.25, 0.3) is 0 Å². The molecular formula is C19H19F6NO4S. The van der Waals surface area contributed by atoms with E-state index >= 15 is 0 Å². The molecule has 0 amide bonds. The summed E-state index contributed by atoms with van der Waals surface area (Å²) in [4.78, 5) is -0.133. The number of sulfonamides is 1. The first kappa shape index (κ1) is 24.6. The third-order valence-corrected chi connectivity index (χ3v) is 5.11. The molecule has 2 rings (SSSR count). The fourth-order valence-electron chi connectivity index (χ4n) is 2.47. The van der Waals surface area contributed by atoms with Crippen LogP contribution in [0.5, 0.6) is 11.5 Å². The molecule has 2 aromatic rings. The van der Waals surface area contributed by atoms with Crippen molar-refractivity contribution in [2.45, 2.75) is 37.0 Å². The molecule has 0 saturated heterocycles. The van der Waals surface area contributed by atoms with Crippen molar-refractivity contribution < 1.29 is 44.2 Å². The normalized spacial score (nSPS) is 12.5. The number of rotatable bonds is 9. The van der Waals surface area contributed by atoms with Crippen LogP contribution in [-0.2, 0) is 16.4 Å². The van der Waals surface area contributed by atoms with Crippen molar-refractivity contribution >= 4 is 15.7 Å². The van der Waals surface area contributed by atoms with Gasteiger partial charge in [0.15, 0.2) is 13.2 Å². The maximum absolute atomic E-state index is 12.6. The molecule has 0 aliphatic heterocycles. The van der Waals surface area contributed by atoms with E-state index in [1.54, 1.807) is 12.1 Å². The number of anilines is 1. The van der Waals surface area contributed by atoms with E-state index < -0.39 is 47.1 Å². The minimum atomic E-state index is -4.71. The van der Waals surface area contributed by atoms with Crippen LogP contribution in [0, 0.1) is 0 Å². The largest absolute Gasteiger partial charge is 0.484 e. The molecule has 172 valence electrons. The number of hydrogen-bond acceptors (Lipinski definition) is 4. The van der Waals surface area contributed by atoms with Gasteiger partial charge in [-0.15, -0.1) is 0 Å². The van der Waals surface area contributed by atoms with Gasteiger partial charge in [-0.1, -0.05) is 25.5 Å². The molecule has 0 fully saturated rings. The van der Waals surface area contributed by atoms with Crippen LogP contribution in [0.15, 0.2) is 47.4 Å². The lowest BCUT2D eigenvalue weighted by atomic mass is 10.1. The molecule has 1 N–H and O–H groups in total. The molecule has 0 aliphatic rings. The van der Waals surface area contributed by atoms with Crippen molar-refractivity contribution in [2.24, 2.45) is 0 Å². The Hall–Kier alpha value is -2.63. The Morgan fingerprint density at radius 3 is 1.74 bits per heavy atom. The second-order valence-electron chi connectivity index (χ2n) is 6.50. The zero-order chi connectivity index (χ0) is 23.3. The van der Waals surface area contributed by atoms with Gasteiger partial charge in [-0.2, -0.15) is 26.3 Å². The minimum Gasteiger partial charge on any atom is -0.484 e. The van der Waals surface area contributed by atoms with Crippen LogP contribution in [0.3, 0.4) is 0 Å². The smallest absolute Gasteiger partial charge is 0.422 e. The lowest BCUT2D eigenvalue weighted by molar-refractivity contribution is -0.153. The predicted molar refractivity (Wildman–Crippen MR) is 101 cm³/mol. The Balaban J connectivity index is 2.29. The molecule has 5 nitrogen and oxygen atoms in total. The average molecular weight is 471 g/mol. The molecule has 0 atom stereocenters. The molecule has 0 bridgehead atoms. The number of ether oxygens (including phenoxy) is 2. The van der Waals surface area contributed by atoms with Gasteiger partial charge in [0.05, 0.1) is 10.6 Å². The van der Waals surface area contributed by atoms with Crippen LogP contribution >= 0.6 is 0 Å². The van der Waals surface area contributed by atoms with Gasteiger partial charge in [-0.25, -0.2) is 8.42 Å². The molecule has 0 heterocycles. The SMILES string of the molecule is CCCc1ccc(S(=O)(=O)Nc2cc(OCC(F)(F)F)cc(OCC(F)(F)F)c2)cc1.